The molecule has 0 aliphatic rings. The Bertz CT molecular complexity index is 377. The highest BCUT2D eigenvalue weighted by Gasteiger charge is 2.24. The molecule has 3 N–H and O–H groups in total. The number of carbonyl (C=O) groups is 1. The number of pyridine rings is 1. The van der Waals surface area contributed by atoms with Gasteiger partial charge in [0.25, 0.3) is 0 Å². The number of nitrogens with zero attached hydrogens (tertiary/aromatic N) is 1. The van der Waals surface area contributed by atoms with E-state index in [2.05, 4.69) is 10.3 Å². The van der Waals surface area contributed by atoms with Gasteiger partial charge in [0.2, 0.25) is 0 Å². The predicted octanol–water partition coefficient (Wildman–Crippen LogP) is 1.99. The fourth-order valence-electron chi connectivity index (χ4n) is 1.69. The molecule has 0 radical (unpaired) electrons. The molecule has 0 fully saturated rings. The molecule has 0 unspecified atom stereocenters. The van der Waals surface area contributed by atoms with Crippen molar-refractivity contribution < 1.29 is 15.0 Å². The lowest BCUT2D eigenvalue weighted by molar-refractivity contribution is 0.0690. The van der Waals surface area contributed by atoms with Crippen LogP contribution in [0.15, 0.2) is 18.3 Å². The largest absolute Gasteiger partial charge is 0.477 e. The molecule has 0 bridgehead atoms. The first-order valence-electron chi connectivity index (χ1n) is 6.11. The first kappa shape index (κ1) is 14.4. The van der Waals surface area contributed by atoms with E-state index < -0.39 is 5.97 Å². The first-order valence-corrected chi connectivity index (χ1v) is 6.11. The van der Waals surface area contributed by atoms with Crippen molar-refractivity contribution in [1.29, 1.82) is 0 Å². The van der Waals surface area contributed by atoms with Crippen LogP contribution in [-0.2, 0) is 0 Å². The average molecular weight is 252 g/mol. The van der Waals surface area contributed by atoms with E-state index in [9.17, 15) is 9.90 Å². The minimum Gasteiger partial charge on any atom is -0.477 e. The van der Waals surface area contributed by atoms with Crippen LogP contribution in [0.3, 0.4) is 0 Å². The normalized spacial score (nSPS) is 11.3. The summed E-state index contributed by atoms with van der Waals surface area (Å²) in [5.74, 6) is -1.03. The second-order valence-electron chi connectivity index (χ2n) is 4.46. The molecule has 0 spiro atoms. The summed E-state index contributed by atoms with van der Waals surface area (Å²) in [6.45, 7) is 4.87. The lowest BCUT2D eigenvalue weighted by Crippen LogP contribution is -2.32. The molecule has 1 rings (SSSR count). The fraction of sp³-hybridized carbons (Fsp3) is 0.538. The van der Waals surface area contributed by atoms with Crippen molar-refractivity contribution in [2.75, 3.05) is 18.5 Å². The number of hydrogen-bond donors (Lipinski definition) is 3. The van der Waals surface area contributed by atoms with Gasteiger partial charge in [-0.15, -0.1) is 0 Å². The minimum atomic E-state index is -1.03. The molecule has 18 heavy (non-hydrogen) atoms. The standard InChI is InChI=1S/C13H20N2O3/c1-3-13(4-2,9-16)8-15-10-5-6-11(12(17)18)14-7-10/h5-7,15-16H,3-4,8-9H2,1-2H3,(H,17,18). The van der Waals surface area contributed by atoms with Crippen LogP contribution >= 0.6 is 0 Å². The monoisotopic (exact) mass is 252 g/mol. The maximum absolute atomic E-state index is 10.7. The molecule has 0 saturated carbocycles. The molecular weight excluding hydrogens is 232 g/mol. The summed E-state index contributed by atoms with van der Waals surface area (Å²) in [5, 5.41) is 21.4. The van der Waals surface area contributed by atoms with Gasteiger partial charge in [-0.1, -0.05) is 13.8 Å². The van der Waals surface area contributed by atoms with Gasteiger partial charge < -0.3 is 15.5 Å². The summed E-state index contributed by atoms with van der Waals surface area (Å²) in [6.07, 6.45) is 3.26. The van der Waals surface area contributed by atoms with E-state index in [1.165, 1.54) is 12.3 Å². The minimum absolute atomic E-state index is 0.0277. The van der Waals surface area contributed by atoms with Crippen molar-refractivity contribution >= 4 is 11.7 Å². The van der Waals surface area contributed by atoms with E-state index in [0.717, 1.165) is 18.5 Å². The number of carboxylic acid groups (broad SMARTS) is 1. The third kappa shape index (κ3) is 3.43. The molecule has 0 aliphatic heterocycles. The van der Waals surface area contributed by atoms with Gasteiger partial charge in [-0.05, 0) is 25.0 Å². The van der Waals surface area contributed by atoms with E-state index >= 15 is 0 Å². The number of hydrogen-bond acceptors (Lipinski definition) is 4. The van der Waals surface area contributed by atoms with Gasteiger partial charge in [0.1, 0.15) is 5.69 Å². The maximum atomic E-state index is 10.7. The lowest BCUT2D eigenvalue weighted by Gasteiger charge is -2.29. The number of aliphatic hydroxyl groups is 1. The van der Waals surface area contributed by atoms with Crippen LogP contribution in [0.5, 0.6) is 0 Å². The highest BCUT2D eigenvalue weighted by atomic mass is 16.4. The second-order valence-corrected chi connectivity index (χ2v) is 4.46. The molecule has 5 heteroatoms. The average Bonchev–Trinajstić information content (AvgIpc) is 2.41. The molecule has 5 nitrogen and oxygen atoms in total. The van der Waals surface area contributed by atoms with Crippen molar-refractivity contribution in [2.45, 2.75) is 26.7 Å². The van der Waals surface area contributed by atoms with Crippen LogP contribution in [0.25, 0.3) is 0 Å². The van der Waals surface area contributed by atoms with Crippen molar-refractivity contribution in [3.8, 4) is 0 Å². The Morgan fingerprint density at radius 1 is 1.39 bits per heavy atom. The van der Waals surface area contributed by atoms with Crippen LogP contribution in [0.4, 0.5) is 5.69 Å². The summed E-state index contributed by atoms with van der Waals surface area (Å²) in [5.41, 5.74) is 0.658. The number of aromatic carboxylic acids is 1. The maximum Gasteiger partial charge on any atom is 0.354 e. The Labute approximate surface area is 107 Å². The van der Waals surface area contributed by atoms with E-state index in [1.807, 2.05) is 13.8 Å². The molecular formula is C13H20N2O3. The molecule has 1 aromatic rings. The molecule has 0 amide bonds. The highest BCUT2D eigenvalue weighted by molar-refractivity contribution is 5.85. The summed E-state index contributed by atoms with van der Waals surface area (Å²) >= 11 is 0. The third-order valence-electron chi connectivity index (χ3n) is 3.49. The molecule has 100 valence electrons. The summed E-state index contributed by atoms with van der Waals surface area (Å²) in [6, 6.07) is 3.15. The Morgan fingerprint density at radius 3 is 2.44 bits per heavy atom. The van der Waals surface area contributed by atoms with E-state index in [4.69, 9.17) is 5.11 Å². The number of aliphatic hydroxyl groups excluding tert-OH is 1. The summed E-state index contributed by atoms with van der Waals surface area (Å²) < 4.78 is 0. The third-order valence-corrected chi connectivity index (χ3v) is 3.49. The van der Waals surface area contributed by atoms with Crippen LogP contribution in [0.1, 0.15) is 37.2 Å². The van der Waals surface area contributed by atoms with Gasteiger partial charge >= 0.3 is 5.97 Å². The van der Waals surface area contributed by atoms with Crippen molar-refractivity contribution in [3.05, 3.63) is 24.0 Å². The zero-order valence-corrected chi connectivity index (χ0v) is 10.8. The topological polar surface area (TPSA) is 82.5 Å². The van der Waals surface area contributed by atoms with Crippen LogP contribution in [0, 0.1) is 5.41 Å². The van der Waals surface area contributed by atoms with E-state index in [1.54, 1.807) is 6.07 Å². The number of aromatic nitrogens is 1. The fourth-order valence-corrected chi connectivity index (χ4v) is 1.69. The zero-order valence-electron chi connectivity index (χ0n) is 10.8. The van der Waals surface area contributed by atoms with E-state index in [0.29, 0.717) is 6.54 Å². The van der Waals surface area contributed by atoms with Crippen molar-refractivity contribution in [2.24, 2.45) is 5.41 Å². The SMILES string of the molecule is CCC(CC)(CO)CNc1ccc(C(=O)O)nc1. The van der Waals surface area contributed by atoms with Crippen LogP contribution < -0.4 is 5.32 Å². The Balaban J connectivity index is 2.65. The number of nitrogens with one attached hydrogen (secondary N) is 1. The molecule has 1 aromatic heterocycles. The van der Waals surface area contributed by atoms with Gasteiger partial charge in [-0.3, -0.25) is 0 Å². The molecule has 0 saturated heterocycles. The molecule has 0 aliphatic carbocycles. The first-order chi connectivity index (χ1) is 8.56. The second kappa shape index (κ2) is 6.35. The van der Waals surface area contributed by atoms with Gasteiger partial charge in [0, 0.05) is 12.0 Å². The van der Waals surface area contributed by atoms with Gasteiger partial charge in [-0.25, -0.2) is 9.78 Å². The number of anilines is 1. The van der Waals surface area contributed by atoms with Crippen LogP contribution in [-0.4, -0.2) is 34.3 Å². The van der Waals surface area contributed by atoms with Crippen molar-refractivity contribution in [1.82, 2.24) is 4.98 Å². The summed E-state index contributed by atoms with van der Waals surface area (Å²) in [4.78, 5) is 14.5. The smallest absolute Gasteiger partial charge is 0.354 e. The van der Waals surface area contributed by atoms with Gasteiger partial charge in [0.05, 0.1) is 18.5 Å². The molecule has 1 heterocycles. The summed E-state index contributed by atoms with van der Waals surface area (Å²) in [7, 11) is 0. The Morgan fingerprint density at radius 2 is 2.06 bits per heavy atom. The van der Waals surface area contributed by atoms with Crippen molar-refractivity contribution in [3.63, 3.8) is 0 Å². The Kier molecular flexibility index (Phi) is 5.09. The highest BCUT2D eigenvalue weighted by Crippen LogP contribution is 2.25. The van der Waals surface area contributed by atoms with Crippen LogP contribution in [0.2, 0.25) is 0 Å². The van der Waals surface area contributed by atoms with Gasteiger partial charge in [-0.2, -0.15) is 0 Å². The quantitative estimate of drug-likeness (QED) is 0.691. The van der Waals surface area contributed by atoms with Gasteiger partial charge in [0.15, 0.2) is 0 Å². The Hall–Kier alpha value is -1.62. The number of carboxylic acids is 1. The zero-order chi connectivity index (χ0) is 13.6. The van der Waals surface area contributed by atoms with E-state index in [-0.39, 0.29) is 17.7 Å². The lowest BCUT2D eigenvalue weighted by atomic mass is 9.83. The molecule has 0 atom stereocenters. The number of rotatable bonds is 7. The predicted molar refractivity (Wildman–Crippen MR) is 69.8 cm³/mol. The molecule has 0 aromatic carbocycles.